The van der Waals surface area contributed by atoms with Crippen molar-refractivity contribution in [3.05, 3.63) is 89.6 Å². The highest BCUT2D eigenvalue weighted by Gasteiger charge is 2.28. The number of nitrogen functional groups attached to an aromatic ring is 1. The first kappa shape index (κ1) is 18.1. The lowest BCUT2D eigenvalue weighted by atomic mass is 9.96. The maximum atomic E-state index is 12.8. The van der Waals surface area contributed by atoms with Crippen LogP contribution in [-0.4, -0.2) is 52.1 Å². The van der Waals surface area contributed by atoms with Crippen LogP contribution in [0.1, 0.15) is 27.5 Å². The van der Waals surface area contributed by atoms with Crippen molar-refractivity contribution in [2.24, 2.45) is 0 Å². The van der Waals surface area contributed by atoms with Gasteiger partial charge in [-0.05, 0) is 17.2 Å². The Morgan fingerprint density at radius 2 is 1.46 bits per heavy atom. The van der Waals surface area contributed by atoms with Crippen molar-refractivity contribution in [2.45, 2.75) is 6.04 Å². The van der Waals surface area contributed by atoms with Crippen LogP contribution in [0.5, 0.6) is 0 Å². The highest BCUT2D eigenvalue weighted by Crippen LogP contribution is 2.29. The van der Waals surface area contributed by atoms with E-state index < -0.39 is 0 Å². The summed E-state index contributed by atoms with van der Waals surface area (Å²) in [6.07, 6.45) is 1.47. The lowest BCUT2D eigenvalue weighted by Crippen LogP contribution is -2.49. The van der Waals surface area contributed by atoms with Crippen LogP contribution in [0.4, 0.5) is 5.82 Å². The summed E-state index contributed by atoms with van der Waals surface area (Å²) in [7, 11) is 0. The van der Waals surface area contributed by atoms with Crippen LogP contribution < -0.4 is 5.73 Å². The Balaban J connectivity index is 1.51. The van der Waals surface area contributed by atoms with E-state index in [1.807, 2.05) is 17.0 Å². The Morgan fingerprint density at radius 1 is 0.893 bits per heavy atom. The molecule has 1 saturated heterocycles. The molecule has 0 atom stereocenters. The molecule has 0 radical (unpaired) electrons. The van der Waals surface area contributed by atoms with Crippen molar-refractivity contribution in [2.75, 3.05) is 31.9 Å². The maximum absolute atomic E-state index is 12.8. The molecule has 4 rings (SSSR count). The van der Waals surface area contributed by atoms with Crippen molar-refractivity contribution < 1.29 is 4.79 Å². The summed E-state index contributed by atoms with van der Waals surface area (Å²) in [6, 6.07) is 22.8. The lowest BCUT2D eigenvalue weighted by Gasteiger charge is -2.39. The van der Waals surface area contributed by atoms with E-state index in [0.717, 1.165) is 13.1 Å². The van der Waals surface area contributed by atoms with E-state index in [1.165, 1.54) is 17.3 Å². The zero-order valence-electron chi connectivity index (χ0n) is 15.6. The molecule has 0 spiro atoms. The lowest BCUT2D eigenvalue weighted by molar-refractivity contribution is 0.0597. The Morgan fingerprint density at radius 3 is 2.00 bits per heavy atom. The van der Waals surface area contributed by atoms with E-state index in [4.69, 9.17) is 5.73 Å². The van der Waals surface area contributed by atoms with Gasteiger partial charge in [-0.1, -0.05) is 60.7 Å². The van der Waals surface area contributed by atoms with Crippen LogP contribution in [0, 0.1) is 0 Å². The average molecular weight is 373 g/mol. The van der Waals surface area contributed by atoms with Gasteiger partial charge in [0.05, 0.1) is 17.8 Å². The van der Waals surface area contributed by atoms with Gasteiger partial charge in [-0.15, -0.1) is 5.10 Å². The van der Waals surface area contributed by atoms with E-state index in [2.05, 4.69) is 63.6 Å². The molecule has 2 N–H and O–H groups in total. The summed E-state index contributed by atoms with van der Waals surface area (Å²) in [6.45, 7) is 2.93. The second-order valence-electron chi connectivity index (χ2n) is 6.92. The number of aromatic nitrogens is 2. The number of amides is 1. The number of piperazine rings is 1. The minimum absolute atomic E-state index is 0.0442. The zero-order valence-corrected chi connectivity index (χ0v) is 15.6. The van der Waals surface area contributed by atoms with Crippen molar-refractivity contribution in [3.8, 4) is 0 Å². The smallest absolute Gasteiger partial charge is 0.255 e. The second kappa shape index (κ2) is 8.19. The first-order valence-electron chi connectivity index (χ1n) is 9.44. The van der Waals surface area contributed by atoms with E-state index in [1.54, 1.807) is 6.07 Å². The molecule has 6 heteroatoms. The summed E-state index contributed by atoms with van der Waals surface area (Å²) in [5.74, 6) is 0.218. The van der Waals surface area contributed by atoms with E-state index >= 15 is 0 Å². The number of rotatable bonds is 4. The molecule has 1 fully saturated rings. The molecule has 2 heterocycles. The van der Waals surface area contributed by atoms with Gasteiger partial charge in [-0.25, -0.2) is 0 Å². The molecule has 3 aromatic rings. The SMILES string of the molecule is Nc1cc(C(=O)N2CCN(C(c3ccccc3)c3ccccc3)CC2)cnn1. The maximum Gasteiger partial charge on any atom is 0.255 e. The second-order valence-corrected chi connectivity index (χ2v) is 6.92. The fourth-order valence-electron chi connectivity index (χ4n) is 3.75. The molecule has 0 unspecified atom stereocenters. The highest BCUT2D eigenvalue weighted by atomic mass is 16.2. The first-order chi connectivity index (χ1) is 13.7. The van der Waals surface area contributed by atoms with E-state index in [-0.39, 0.29) is 17.8 Å². The molecule has 0 saturated carbocycles. The number of nitrogens with two attached hydrogens (primary N) is 1. The van der Waals surface area contributed by atoms with Gasteiger partial charge in [-0.2, -0.15) is 5.10 Å². The normalized spacial score (nSPS) is 15.0. The molecule has 1 aliphatic rings. The summed E-state index contributed by atoms with van der Waals surface area (Å²) in [5, 5.41) is 7.51. The minimum atomic E-state index is -0.0442. The van der Waals surface area contributed by atoms with Gasteiger partial charge >= 0.3 is 0 Å². The Labute approximate surface area is 164 Å². The number of nitrogens with zero attached hydrogens (tertiary/aromatic N) is 4. The van der Waals surface area contributed by atoms with Crippen LogP contribution in [0.3, 0.4) is 0 Å². The third kappa shape index (κ3) is 3.87. The van der Waals surface area contributed by atoms with Gasteiger partial charge in [0, 0.05) is 26.2 Å². The largest absolute Gasteiger partial charge is 0.382 e. The number of carbonyl (C=O) groups is 1. The Kier molecular flexibility index (Phi) is 5.30. The molecule has 0 bridgehead atoms. The van der Waals surface area contributed by atoms with Crippen molar-refractivity contribution in [1.29, 1.82) is 0 Å². The summed E-state index contributed by atoms with van der Waals surface area (Å²) < 4.78 is 0. The Hall–Kier alpha value is -3.25. The molecule has 1 aromatic heterocycles. The standard InChI is InChI=1S/C22H23N5O/c23-20-15-19(16-24-25-20)22(28)27-13-11-26(12-14-27)21(17-7-3-1-4-8-17)18-9-5-2-6-10-18/h1-10,15-16,21H,11-14H2,(H2,23,25). The summed E-state index contributed by atoms with van der Waals surface area (Å²) >= 11 is 0. The predicted molar refractivity (Wildman–Crippen MR) is 109 cm³/mol. The first-order valence-corrected chi connectivity index (χ1v) is 9.44. The molecule has 6 nitrogen and oxygen atoms in total. The average Bonchev–Trinajstić information content (AvgIpc) is 2.75. The number of hydrogen-bond acceptors (Lipinski definition) is 5. The number of hydrogen-bond donors (Lipinski definition) is 1. The van der Waals surface area contributed by atoms with E-state index in [0.29, 0.717) is 18.7 Å². The van der Waals surface area contributed by atoms with Gasteiger partial charge in [0.25, 0.3) is 5.91 Å². The summed E-state index contributed by atoms with van der Waals surface area (Å²) in [5.41, 5.74) is 8.68. The number of anilines is 1. The van der Waals surface area contributed by atoms with Gasteiger partial charge in [-0.3, -0.25) is 9.69 Å². The molecule has 1 aliphatic heterocycles. The van der Waals surface area contributed by atoms with Crippen molar-refractivity contribution >= 4 is 11.7 Å². The van der Waals surface area contributed by atoms with E-state index in [9.17, 15) is 4.79 Å². The fourth-order valence-corrected chi connectivity index (χ4v) is 3.75. The third-order valence-electron chi connectivity index (χ3n) is 5.12. The molecular weight excluding hydrogens is 350 g/mol. The third-order valence-corrected chi connectivity index (χ3v) is 5.12. The van der Waals surface area contributed by atoms with Crippen molar-refractivity contribution in [3.63, 3.8) is 0 Å². The molecule has 2 aromatic carbocycles. The van der Waals surface area contributed by atoms with Gasteiger partial charge in [0.15, 0.2) is 0 Å². The van der Waals surface area contributed by atoms with Crippen LogP contribution in [-0.2, 0) is 0 Å². The van der Waals surface area contributed by atoms with Crippen LogP contribution in [0.15, 0.2) is 72.9 Å². The summed E-state index contributed by atoms with van der Waals surface area (Å²) in [4.78, 5) is 17.1. The van der Waals surface area contributed by atoms with Crippen LogP contribution in [0.25, 0.3) is 0 Å². The molecule has 142 valence electrons. The fraction of sp³-hybridized carbons (Fsp3) is 0.227. The van der Waals surface area contributed by atoms with Gasteiger partial charge in [0.1, 0.15) is 5.82 Å². The van der Waals surface area contributed by atoms with Crippen molar-refractivity contribution in [1.82, 2.24) is 20.0 Å². The molecular formula is C22H23N5O. The minimum Gasteiger partial charge on any atom is -0.382 e. The van der Waals surface area contributed by atoms with Gasteiger partial charge < -0.3 is 10.6 Å². The zero-order chi connectivity index (χ0) is 19.3. The van der Waals surface area contributed by atoms with Crippen LogP contribution in [0.2, 0.25) is 0 Å². The number of benzene rings is 2. The topological polar surface area (TPSA) is 75.4 Å². The molecule has 0 aliphatic carbocycles. The monoisotopic (exact) mass is 373 g/mol. The molecule has 1 amide bonds. The quantitative estimate of drug-likeness (QED) is 0.761. The highest BCUT2D eigenvalue weighted by molar-refractivity contribution is 5.94. The Bertz CT molecular complexity index is 884. The predicted octanol–water partition coefficient (Wildman–Crippen LogP) is 2.61. The van der Waals surface area contributed by atoms with Crippen LogP contribution >= 0.6 is 0 Å². The van der Waals surface area contributed by atoms with Gasteiger partial charge in [0.2, 0.25) is 0 Å². The number of carbonyl (C=O) groups excluding carboxylic acids is 1. The molecule has 28 heavy (non-hydrogen) atoms.